The van der Waals surface area contributed by atoms with Crippen LogP contribution in [0.3, 0.4) is 0 Å². The molecule has 1 saturated carbocycles. The Bertz CT molecular complexity index is 450. The molecule has 3 nitrogen and oxygen atoms in total. The molecule has 0 saturated heterocycles. The Labute approximate surface area is 102 Å². The molecule has 0 unspecified atom stereocenters. The SMILES string of the molecule is c1cnc2nc(CCC3CCCCC3)[nH]c2c1. The van der Waals surface area contributed by atoms with E-state index < -0.39 is 0 Å². The average molecular weight is 229 g/mol. The summed E-state index contributed by atoms with van der Waals surface area (Å²) in [6.45, 7) is 0. The van der Waals surface area contributed by atoms with Gasteiger partial charge < -0.3 is 4.98 Å². The van der Waals surface area contributed by atoms with E-state index in [2.05, 4.69) is 15.0 Å². The summed E-state index contributed by atoms with van der Waals surface area (Å²) >= 11 is 0. The van der Waals surface area contributed by atoms with E-state index in [1.165, 1.54) is 38.5 Å². The van der Waals surface area contributed by atoms with Crippen LogP contribution >= 0.6 is 0 Å². The zero-order chi connectivity index (χ0) is 11.5. The smallest absolute Gasteiger partial charge is 0.177 e. The minimum absolute atomic E-state index is 0.853. The lowest BCUT2D eigenvalue weighted by molar-refractivity contribution is 0.337. The van der Waals surface area contributed by atoms with Crippen molar-refractivity contribution in [3.05, 3.63) is 24.2 Å². The number of nitrogens with one attached hydrogen (secondary N) is 1. The van der Waals surface area contributed by atoms with Gasteiger partial charge in [0.2, 0.25) is 0 Å². The van der Waals surface area contributed by atoms with Crippen LogP contribution in [0, 0.1) is 5.92 Å². The molecule has 1 aliphatic rings. The van der Waals surface area contributed by atoms with E-state index in [9.17, 15) is 0 Å². The fourth-order valence-corrected chi connectivity index (χ4v) is 2.83. The molecule has 0 radical (unpaired) electrons. The minimum atomic E-state index is 0.853. The summed E-state index contributed by atoms with van der Waals surface area (Å²) < 4.78 is 0. The molecule has 0 spiro atoms. The van der Waals surface area contributed by atoms with Crippen molar-refractivity contribution in [2.45, 2.75) is 44.9 Å². The van der Waals surface area contributed by atoms with Gasteiger partial charge in [-0.1, -0.05) is 32.1 Å². The van der Waals surface area contributed by atoms with Crippen LogP contribution in [0.15, 0.2) is 18.3 Å². The van der Waals surface area contributed by atoms with Crippen molar-refractivity contribution in [3.8, 4) is 0 Å². The Hall–Kier alpha value is -1.38. The molecule has 0 aromatic carbocycles. The molecule has 1 aliphatic carbocycles. The first kappa shape index (κ1) is 10.8. The molecular weight excluding hydrogens is 210 g/mol. The van der Waals surface area contributed by atoms with E-state index in [1.807, 2.05) is 12.1 Å². The van der Waals surface area contributed by atoms with E-state index in [0.717, 1.165) is 29.3 Å². The molecule has 0 atom stereocenters. The Morgan fingerprint density at radius 1 is 1.24 bits per heavy atom. The zero-order valence-electron chi connectivity index (χ0n) is 10.2. The molecule has 3 heteroatoms. The number of fused-ring (bicyclic) bond motifs is 1. The Morgan fingerprint density at radius 3 is 2.94 bits per heavy atom. The van der Waals surface area contributed by atoms with Gasteiger partial charge in [-0.25, -0.2) is 9.97 Å². The molecule has 1 N–H and O–H groups in total. The van der Waals surface area contributed by atoms with Crippen LogP contribution < -0.4 is 0 Å². The van der Waals surface area contributed by atoms with Crippen LogP contribution in [0.25, 0.3) is 11.2 Å². The van der Waals surface area contributed by atoms with E-state index in [0.29, 0.717) is 0 Å². The Morgan fingerprint density at radius 2 is 2.12 bits per heavy atom. The van der Waals surface area contributed by atoms with Crippen molar-refractivity contribution in [1.29, 1.82) is 0 Å². The summed E-state index contributed by atoms with van der Waals surface area (Å²) in [4.78, 5) is 12.1. The molecule has 2 aromatic heterocycles. The van der Waals surface area contributed by atoms with Crippen molar-refractivity contribution < 1.29 is 0 Å². The van der Waals surface area contributed by atoms with Gasteiger partial charge in [-0.2, -0.15) is 0 Å². The van der Waals surface area contributed by atoms with Gasteiger partial charge in [0.1, 0.15) is 5.82 Å². The quantitative estimate of drug-likeness (QED) is 0.875. The van der Waals surface area contributed by atoms with E-state index in [4.69, 9.17) is 0 Å². The molecule has 0 aliphatic heterocycles. The Balaban J connectivity index is 1.64. The fraction of sp³-hybridized carbons (Fsp3) is 0.571. The van der Waals surface area contributed by atoms with Crippen molar-refractivity contribution >= 4 is 11.2 Å². The van der Waals surface area contributed by atoms with Crippen LogP contribution in [-0.2, 0) is 6.42 Å². The van der Waals surface area contributed by atoms with Gasteiger partial charge in [-0.05, 0) is 24.5 Å². The van der Waals surface area contributed by atoms with Crippen LogP contribution in [0.1, 0.15) is 44.3 Å². The molecule has 1 fully saturated rings. The van der Waals surface area contributed by atoms with Crippen LogP contribution in [0.5, 0.6) is 0 Å². The molecule has 2 heterocycles. The minimum Gasteiger partial charge on any atom is -0.341 e. The highest BCUT2D eigenvalue weighted by atomic mass is 15.0. The van der Waals surface area contributed by atoms with E-state index >= 15 is 0 Å². The van der Waals surface area contributed by atoms with Crippen molar-refractivity contribution in [2.75, 3.05) is 0 Å². The van der Waals surface area contributed by atoms with Crippen molar-refractivity contribution in [2.24, 2.45) is 5.92 Å². The van der Waals surface area contributed by atoms with Gasteiger partial charge in [0.05, 0.1) is 5.52 Å². The largest absolute Gasteiger partial charge is 0.341 e. The Kier molecular flexibility index (Phi) is 3.08. The van der Waals surface area contributed by atoms with Crippen molar-refractivity contribution in [1.82, 2.24) is 15.0 Å². The molecule has 3 rings (SSSR count). The first-order valence-corrected chi connectivity index (χ1v) is 6.71. The molecule has 0 bridgehead atoms. The number of aryl methyl sites for hydroxylation is 1. The van der Waals surface area contributed by atoms with E-state index in [-0.39, 0.29) is 0 Å². The lowest BCUT2D eigenvalue weighted by Gasteiger charge is -2.20. The van der Waals surface area contributed by atoms with Gasteiger partial charge in [-0.15, -0.1) is 0 Å². The monoisotopic (exact) mass is 229 g/mol. The fourth-order valence-electron chi connectivity index (χ4n) is 2.83. The number of rotatable bonds is 3. The predicted molar refractivity (Wildman–Crippen MR) is 68.8 cm³/mol. The number of hydrogen-bond donors (Lipinski definition) is 1. The standard InChI is InChI=1S/C14H19N3/c1-2-5-11(6-3-1)8-9-13-16-12-7-4-10-15-14(12)17-13/h4,7,10-11H,1-3,5-6,8-9H2,(H,15,16,17). The van der Waals surface area contributed by atoms with Crippen molar-refractivity contribution in [3.63, 3.8) is 0 Å². The summed E-state index contributed by atoms with van der Waals surface area (Å²) in [7, 11) is 0. The first-order valence-electron chi connectivity index (χ1n) is 6.71. The lowest BCUT2D eigenvalue weighted by atomic mass is 9.86. The van der Waals surface area contributed by atoms with Gasteiger partial charge >= 0.3 is 0 Å². The second-order valence-electron chi connectivity index (χ2n) is 5.10. The summed E-state index contributed by atoms with van der Waals surface area (Å²) in [5.41, 5.74) is 1.91. The third kappa shape index (κ3) is 2.48. The second-order valence-corrected chi connectivity index (χ2v) is 5.10. The summed E-state index contributed by atoms with van der Waals surface area (Å²) in [6, 6.07) is 3.99. The summed E-state index contributed by atoms with van der Waals surface area (Å²) in [5.74, 6) is 2.02. The van der Waals surface area contributed by atoms with Gasteiger partial charge in [0, 0.05) is 12.6 Å². The first-order chi connectivity index (χ1) is 8.42. The maximum atomic E-state index is 4.53. The normalized spacial score (nSPS) is 17.6. The van der Waals surface area contributed by atoms with Gasteiger partial charge in [0.25, 0.3) is 0 Å². The maximum absolute atomic E-state index is 4.53. The average Bonchev–Trinajstić information content (AvgIpc) is 2.80. The topological polar surface area (TPSA) is 41.6 Å². The molecule has 17 heavy (non-hydrogen) atoms. The summed E-state index contributed by atoms with van der Waals surface area (Å²) in [6.07, 6.45) is 11.3. The lowest BCUT2D eigenvalue weighted by Crippen LogP contribution is -2.07. The number of hydrogen-bond acceptors (Lipinski definition) is 2. The van der Waals surface area contributed by atoms with Crippen LogP contribution in [0.2, 0.25) is 0 Å². The number of aromatic nitrogens is 3. The zero-order valence-corrected chi connectivity index (χ0v) is 10.2. The molecule has 0 amide bonds. The number of pyridine rings is 1. The highest BCUT2D eigenvalue weighted by Crippen LogP contribution is 2.27. The second kappa shape index (κ2) is 4.86. The van der Waals surface area contributed by atoms with Crippen LogP contribution in [0.4, 0.5) is 0 Å². The third-order valence-corrected chi connectivity index (χ3v) is 3.82. The number of imidazole rings is 1. The third-order valence-electron chi connectivity index (χ3n) is 3.82. The highest BCUT2D eigenvalue weighted by molar-refractivity contribution is 5.69. The highest BCUT2D eigenvalue weighted by Gasteiger charge is 2.14. The van der Waals surface area contributed by atoms with Crippen LogP contribution in [-0.4, -0.2) is 15.0 Å². The number of aromatic amines is 1. The van der Waals surface area contributed by atoms with Gasteiger partial charge in [0.15, 0.2) is 5.65 Å². The maximum Gasteiger partial charge on any atom is 0.177 e. The molecular formula is C14H19N3. The molecule has 2 aromatic rings. The van der Waals surface area contributed by atoms with E-state index in [1.54, 1.807) is 6.20 Å². The summed E-state index contributed by atoms with van der Waals surface area (Å²) in [5, 5.41) is 0. The molecule has 90 valence electrons. The predicted octanol–water partition coefficient (Wildman–Crippen LogP) is 3.47. The number of H-pyrrole nitrogens is 1. The van der Waals surface area contributed by atoms with Gasteiger partial charge in [-0.3, -0.25) is 0 Å². The number of nitrogens with zero attached hydrogens (tertiary/aromatic N) is 2.